The van der Waals surface area contributed by atoms with Gasteiger partial charge in [-0.3, -0.25) is 4.79 Å². The second kappa shape index (κ2) is 7.73. The van der Waals surface area contributed by atoms with E-state index in [-0.39, 0.29) is 18.3 Å². The fourth-order valence-corrected chi connectivity index (χ4v) is 3.45. The Balaban J connectivity index is 0.00000200. The summed E-state index contributed by atoms with van der Waals surface area (Å²) in [6.07, 6.45) is 0.728. The quantitative estimate of drug-likeness (QED) is 0.916. The molecule has 0 spiro atoms. The van der Waals surface area contributed by atoms with Crippen LogP contribution in [0.5, 0.6) is 0 Å². The second-order valence-electron chi connectivity index (χ2n) is 4.34. The zero-order valence-electron chi connectivity index (χ0n) is 11.5. The summed E-state index contributed by atoms with van der Waals surface area (Å²) in [5.74, 6) is -0.0365. The molecule has 0 aliphatic rings. The number of thiazole rings is 1. The van der Waals surface area contributed by atoms with Gasteiger partial charge in [-0.15, -0.1) is 35.1 Å². The number of nitrogens with zero attached hydrogens (tertiary/aromatic N) is 2. The Bertz CT molecular complexity index is 567. The van der Waals surface area contributed by atoms with Crippen molar-refractivity contribution in [3.05, 3.63) is 38.0 Å². The van der Waals surface area contributed by atoms with Gasteiger partial charge >= 0.3 is 0 Å². The molecular formula is C13H18ClN3OS2. The van der Waals surface area contributed by atoms with Crippen LogP contribution in [0.4, 0.5) is 0 Å². The number of carbonyl (C=O) groups excluding carboxylic acids is 1. The highest BCUT2D eigenvalue weighted by molar-refractivity contribution is 7.11. The summed E-state index contributed by atoms with van der Waals surface area (Å²) in [6.45, 7) is 3.25. The summed E-state index contributed by atoms with van der Waals surface area (Å²) in [6, 6.07) is 4.13. The van der Waals surface area contributed by atoms with Crippen LogP contribution in [0.3, 0.4) is 0 Å². The Kier molecular flexibility index (Phi) is 6.61. The minimum atomic E-state index is -0.0365. The van der Waals surface area contributed by atoms with Crippen LogP contribution >= 0.6 is 35.1 Å². The molecule has 2 heterocycles. The molecule has 110 valence electrons. The number of nitrogens with two attached hydrogens (primary N) is 1. The second-order valence-corrected chi connectivity index (χ2v) is 6.65. The molecule has 0 saturated carbocycles. The molecule has 0 fully saturated rings. The molecule has 4 nitrogen and oxygen atoms in total. The minimum absolute atomic E-state index is 0. The Morgan fingerprint density at radius 3 is 2.80 bits per heavy atom. The van der Waals surface area contributed by atoms with Crippen LogP contribution in [0, 0.1) is 6.92 Å². The standard InChI is InChI=1S/C13H17N3OS2.ClH/c1-9-3-4-10(19-9)7-16(2)13(17)11-8-18-12(15-11)5-6-14;/h3-4,8H,5-7,14H2,1-2H3;1H. The van der Waals surface area contributed by atoms with Crippen molar-refractivity contribution < 1.29 is 4.79 Å². The van der Waals surface area contributed by atoms with Gasteiger partial charge in [-0.25, -0.2) is 4.98 Å². The van der Waals surface area contributed by atoms with Gasteiger partial charge in [0.2, 0.25) is 0 Å². The first-order chi connectivity index (χ1) is 9.10. The first kappa shape index (κ1) is 17.1. The predicted octanol–water partition coefficient (Wildman–Crippen LogP) is 2.71. The lowest BCUT2D eigenvalue weighted by Crippen LogP contribution is -2.26. The van der Waals surface area contributed by atoms with Gasteiger partial charge in [0.1, 0.15) is 5.69 Å². The maximum Gasteiger partial charge on any atom is 0.273 e. The predicted molar refractivity (Wildman–Crippen MR) is 87.0 cm³/mol. The van der Waals surface area contributed by atoms with Crippen LogP contribution in [-0.2, 0) is 13.0 Å². The average molecular weight is 332 g/mol. The molecule has 0 saturated heterocycles. The van der Waals surface area contributed by atoms with Gasteiger partial charge in [0.15, 0.2) is 0 Å². The summed E-state index contributed by atoms with van der Waals surface area (Å²) in [5.41, 5.74) is 6.00. The number of aryl methyl sites for hydroxylation is 1. The van der Waals surface area contributed by atoms with Crippen molar-refractivity contribution in [2.75, 3.05) is 13.6 Å². The molecule has 0 bridgehead atoms. The molecule has 2 aromatic rings. The highest BCUT2D eigenvalue weighted by Crippen LogP contribution is 2.18. The van der Waals surface area contributed by atoms with Gasteiger partial charge in [0.05, 0.1) is 11.6 Å². The molecule has 2 rings (SSSR count). The van der Waals surface area contributed by atoms with Crippen LogP contribution in [0.1, 0.15) is 25.3 Å². The third-order valence-corrected chi connectivity index (χ3v) is 4.56. The van der Waals surface area contributed by atoms with E-state index in [1.54, 1.807) is 23.3 Å². The molecule has 0 unspecified atom stereocenters. The number of hydrogen-bond donors (Lipinski definition) is 1. The molecule has 0 aliphatic carbocycles. The lowest BCUT2D eigenvalue weighted by atomic mass is 10.3. The number of thiophene rings is 1. The van der Waals surface area contributed by atoms with E-state index < -0.39 is 0 Å². The summed E-state index contributed by atoms with van der Waals surface area (Å²) in [4.78, 5) is 20.7. The van der Waals surface area contributed by atoms with Gasteiger partial charge in [-0.05, 0) is 25.6 Å². The van der Waals surface area contributed by atoms with Crippen molar-refractivity contribution in [1.29, 1.82) is 0 Å². The third-order valence-electron chi connectivity index (χ3n) is 2.66. The van der Waals surface area contributed by atoms with Gasteiger partial charge in [0, 0.05) is 28.6 Å². The molecule has 1 amide bonds. The van der Waals surface area contributed by atoms with E-state index in [4.69, 9.17) is 5.73 Å². The number of rotatable bonds is 5. The molecule has 2 N–H and O–H groups in total. The van der Waals surface area contributed by atoms with E-state index in [9.17, 15) is 4.79 Å². The van der Waals surface area contributed by atoms with Crippen molar-refractivity contribution >= 4 is 41.0 Å². The van der Waals surface area contributed by atoms with Crippen molar-refractivity contribution in [2.24, 2.45) is 5.73 Å². The highest BCUT2D eigenvalue weighted by atomic mass is 35.5. The summed E-state index contributed by atoms with van der Waals surface area (Å²) in [7, 11) is 1.80. The van der Waals surface area contributed by atoms with Crippen LogP contribution < -0.4 is 5.73 Å². The molecule has 7 heteroatoms. The normalized spacial score (nSPS) is 10.2. The van der Waals surface area contributed by atoms with E-state index in [1.165, 1.54) is 21.1 Å². The first-order valence-corrected chi connectivity index (χ1v) is 7.75. The zero-order valence-corrected chi connectivity index (χ0v) is 13.9. The minimum Gasteiger partial charge on any atom is -0.335 e. The Hall–Kier alpha value is -0.950. The van der Waals surface area contributed by atoms with Crippen LogP contribution in [0.25, 0.3) is 0 Å². The largest absolute Gasteiger partial charge is 0.335 e. The third kappa shape index (κ3) is 4.28. The van der Waals surface area contributed by atoms with Gasteiger partial charge < -0.3 is 10.6 Å². The van der Waals surface area contributed by atoms with Crippen LogP contribution in [-0.4, -0.2) is 29.4 Å². The number of aromatic nitrogens is 1. The maximum atomic E-state index is 12.2. The summed E-state index contributed by atoms with van der Waals surface area (Å²) < 4.78 is 0. The van der Waals surface area contributed by atoms with E-state index >= 15 is 0 Å². The molecule has 20 heavy (non-hydrogen) atoms. The smallest absolute Gasteiger partial charge is 0.273 e. The lowest BCUT2D eigenvalue weighted by molar-refractivity contribution is 0.0781. The topological polar surface area (TPSA) is 59.2 Å². The molecule has 0 aromatic carbocycles. The Morgan fingerprint density at radius 1 is 1.45 bits per heavy atom. The number of carbonyl (C=O) groups is 1. The molecule has 0 atom stereocenters. The van der Waals surface area contributed by atoms with Crippen molar-refractivity contribution in [1.82, 2.24) is 9.88 Å². The summed E-state index contributed by atoms with van der Waals surface area (Å²) in [5, 5.41) is 2.73. The highest BCUT2D eigenvalue weighted by Gasteiger charge is 2.16. The van der Waals surface area contributed by atoms with Gasteiger partial charge in [-0.1, -0.05) is 0 Å². The SMILES string of the molecule is Cc1ccc(CN(C)C(=O)c2csc(CCN)n2)s1.Cl. The maximum absolute atomic E-state index is 12.2. The molecule has 2 aromatic heterocycles. The Morgan fingerprint density at radius 2 is 2.20 bits per heavy atom. The zero-order chi connectivity index (χ0) is 13.8. The van der Waals surface area contributed by atoms with E-state index in [2.05, 4.69) is 24.0 Å². The van der Waals surface area contributed by atoms with E-state index in [0.29, 0.717) is 18.8 Å². The van der Waals surface area contributed by atoms with Crippen molar-refractivity contribution in [2.45, 2.75) is 19.9 Å². The van der Waals surface area contributed by atoms with Crippen molar-refractivity contribution in [3.8, 4) is 0 Å². The van der Waals surface area contributed by atoms with Crippen LogP contribution in [0.2, 0.25) is 0 Å². The fraction of sp³-hybridized carbons (Fsp3) is 0.385. The molecule has 0 radical (unpaired) electrons. The van der Waals surface area contributed by atoms with E-state index in [0.717, 1.165) is 11.4 Å². The van der Waals surface area contributed by atoms with Crippen molar-refractivity contribution in [3.63, 3.8) is 0 Å². The van der Waals surface area contributed by atoms with E-state index in [1.807, 2.05) is 5.38 Å². The first-order valence-electron chi connectivity index (χ1n) is 6.05. The molecular weight excluding hydrogens is 314 g/mol. The van der Waals surface area contributed by atoms with Crippen LogP contribution in [0.15, 0.2) is 17.5 Å². The lowest BCUT2D eigenvalue weighted by Gasteiger charge is -2.14. The van der Waals surface area contributed by atoms with Gasteiger partial charge in [-0.2, -0.15) is 0 Å². The number of halogens is 1. The monoisotopic (exact) mass is 331 g/mol. The average Bonchev–Trinajstić information content (AvgIpc) is 2.98. The number of hydrogen-bond acceptors (Lipinski definition) is 5. The Labute approximate surface area is 133 Å². The fourth-order valence-electron chi connectivity index (χ4n) is 1.72. The summed E-state index contributed by atoms with van der Waals surface area (Å²) >= 11 is 3.21. The molecule has 0 aliphatic heterocycles. The number of amides is 1. The van der Waals surface area contributed by atoms with Gasteiger partial charge in [0.25, 0.3) is 5.91 Å².